The van der Waals surface area contributed by atoms with Crippen LogP contribution in [-0.2, 0) is 11.3 Å². The summed E-state index contributed by atoms with van der Waals surface area (Å²) < 4.78 is 2.05. The van der Waals surface area contributed by atoms with Gasteiger partial charge >= 0.3 is 0 Å². The average Bonchev–Trinajstić information content (AvgIpc) is 3.20. The van der Waals surface area contributed by atoms with E-state index >= 15 is 0 Å². The van der Waals surface area contributed by atoms with E-state index in [1.807, 2.05) is 56.4 Å². The van der Waals surface area contributed by atoms with E-state index in [0.29, 0.717) is 18.7 Å². The van der Waals surface area contributed by atoms with Crippen LogP contribution in [0.4, 0.5) is 11.4 Å². The van der Waals surface area contributed by atoms with Gasteiger partial charge in [-0.25, -0.2) is 0 Å². The van der Waals surface area contributed by atoms with Gasteiger partial charge in [0.25, 0.3) is 11.6 Å². The van der Waals surface area contributed by atoms with Crippen LogP contribution in [0.15, 0.2) is 77.8 Å². The maximum atomic E-state index is 12.6. The number of nitro groups is 1. The average molecular weight is 503 g/mol. The lowest BCUT2D eigenvalue weighted by Crippen LogP contribution is -2.27. The number of fused-ring (bicyclic) bond motifs is 1. The zero-order valence-electron chi connectivity index (χ0n) is 20.0. The van der Waals surface area contributed by atoms with Gasteiger partial charge in [-0.05, 0) is 55.3 Å². The third-order valence-corrected chi connectivity index (χ3v) is 6.64. The smallest absolute Gasteiger partial charge is 0.269 e. The number of hydrogen-bond donors (Lipinski definition) is 2. The van der Waals surface area contributed by atoms with Crippen LogP contribution in [0, 0.1) is 24.0 Å². The van der Waals surface area contributed by atoms with Gasteiger partial charge in [0.05, 0.1) is 10.7 Å². The fourth-order valence-corrected chi connectivity index (χ4v) is 4.92. The van der Waals surface area contributed by atoms with Crippen molar-refractivity contribution in [2.75, 3.05) is 17.6 Å². The number of para-hydroxylation sites is 1. The Morgan fingerprint density at radius 2 is 1.69 bits per heavy atom. The standard InChI is InChI=1S/C27H26N4O4S/c1-18-13-19(2)15-21(14-18)29-26(32)17-36-25-16-30(24-6-4-3-5-23(24)25)12-11-28-27(33)20-7-9-22(10-8-20)31(34)35/h3-10,13-16H,11-12,17H2,1-2H3,(H,28,33)(H,29,32). The van der Waals surface area contributed by atoms with E-state index in [4.69, 9.17) is 0 Å². The number of non-ortho nitro benzene ring substituents is 1. The Morgan fingerprint density at radius 1 is 1.00 bits per heavy atom. The van der Waals surface area contributed by atoms with E-state index < -0.39 is 4.92 Å². The fourth-order valence-electron chi connectivity index (χ4n) is 4.03. The molecule has 4 aromatic rings. The van der Waals surface area contributed by atoms with Crippen LogP contribution in [0.1, 0.15) is 21.5 Å². The highest BCUT2D eigenvalue weighted by molar-refractivity contribution is 8.00. The highest BCUT2D eigenvalue weighted by Crippen LogP contribution is 2.30. The second kappa shape index (κ2) is 11.1. The number of amides is 2. The fraction of sp³-hybridized carbons (Fsp3) is 0.185. The number of benzene rings is 3. The topological polar surface area (TPSA) is 106 Å². The van der Waals surface area contributed by atoms with Crippen LogP contribution >= 0.6 is 11.8 Å². The van der Waals surface area contributed by atoms with Crippen LogP contribution in [0.25, 0.3) is 10.9 Å². The quantitative estimate of drug-likeness (QED) is 0.183. The number of nitrogens with one attached hydrogen (secondary N) is 2. The van der Waals surface area contributed by atoms with Crippen molar-refractivity contribution in [1.82, 2.24) is 9.88 Å². The van der Waals surface area contributed by atoms with Gasteiger partial charge in [0.2, 0.25) is 5.91 Å². The first-order valence-electron chi connectivity index (χ1n) is 11.4. The first kappa shape index (κ1) is 25.0. The van der Waals surface area contributed by atoms with Crippen molar-refractivity contribution >= 4 is 45.9 Å². The van der Waals surface area contributed by atoms with Crippen molar-refractivity contribution in [3.8, 4) is 0 Å². The summed E-state index contributed by atoms with van der Waals surface area (Å²) in [6, 6.07) is 19.4. The van der Waals surface area contributed by atoms with Crippen LogP contribution in [0.3, 0.4) is 0 Å². The highest BCUT2D eigenvalue weighted by atomic mass is 32.2. The number of nitro benzene ring substituents is 1. The molecule has 0 fully saturated rings. The lowest BCUT2D eigenvalue weighted by molar-refractivity contribution is -0.384. The molecule has 0 aliphatic carbocycles. The van der Waals surface area contributed by atoms with E-state index in [-0.39, 0.29) is 23.3 Å². The molecule has 8 nitrogen and oxygen atoms in total. The Morgan fingerprint density at radius 3 is 2.39 bits per heavy atom. The SMILES string of the molecule is Cc1cc(C)cc(NC(=O)CSc2cn(CCNC(=O)c3ccc([N+](=O)[O-])cc3)c3ccccc23)c1. The first-order chi connectivity index (χ1) is 17.3. The molecule has 2 N–H and O–H groups in total. The normalized spacial score (nSPS) is 10.8. The predicted octanol–water partition coefficient (Wildman–Crippen LogP) is 5.33. The van der Waals surface area contributed by atoms with Crippen LogP contribution in [0.5, 0.6) is 0 Å². The largest absolute Gasteiger partial charge is 0.350 e. The molecule has 0 saturated heterocycles. The van der Waals surface area contributed by atoms with Gasteiger partial charge in [-0.3, -0.25) is 19.7 Å². The van der Waals surface area contributed by atoms with Crippen molar-refractivity contribution in [2.45, 2.75) is 25.3 Å². The number of thioether (sulfide) groups is 1. The van der Waals surface area contributed by atoms with Crippen LogP contribution in [0.2, 0.25) is 0 Å². The number of aryl methyl sites for hydroxylation is 2. The Balaban J connectivity index is 1.37. The van der Waals surface area contributed by atoms with E-state index in [9.17, 15) is 19.7 Å². The third-order valence-electron chi connectivity index (χ3n) is 5.59. The molecule has 2 amide bonds. The molecule has 0 radical (unpaired) electrons. The van der Waals surface area contributed by atoms with Gasteiger partial charge in [-0.2, -0.15) is 0 Å². The molecule has 0 saturated carbocycles. The molecule has 0 aliphatic heterocycles. The van der Waals surface area contributed by atoms with Gasteiger partial charge in [0, 0.05) is 58.5 Å². The minimum Gasteiger partial charge on any atom is -0.350 e. The lowest BCUT2D eigenvalue weighted by Gasteiger charge is -2.08. The van der Waals surface area contributed by atoms with E-state index in [1.54, 1.807) is 0 Å². The van der Waals surface area contributed by atoms with E-state index in [1.165, 1.54) is 36.0 Å². The second-order valence-corrected chi connectivity index (χ2v) is 9.49. The van der Waals surface area contributed by atoms with Gasteiger partial charge in [0.1, 0.15) is 0 Å². The van der Waals surface area contributed by atoms with Crippen molar-refractivity contribution in [3.63, 3.8) is 0 Å². The molecule has 0 atom stereocenters. The number of carbonyl (C=O) groups is 2. The molecule has 0 spiro atoms. The molecule has 1 heterocycles. The lowest BCUT2D eigenvalue weighted by atomic mass is 10.1. The minimum absolute atomic E-state index is 0.0573. The molecule has 9 heteroatoms. The number of nitrogens with zero attached hydrogens (tertiary/aromatic N) is 2. The van der Waals surface area contributed by atoms with Gasteiger partial charge < -0.3 is 15.2 Å². The minimum atomic E-state index is -0.498. The Hall–Kier alpha value is -4.11. The maximum Gasteiger partial charge on any atom is 0.269 e. The highest BCUT2D eigenvalue weighted by Gasteiger charge is 2.13. The molecule has 4 rings (SSSR count). The molecule has 184 valence electrons. The predicted molar refractivity (Wildman–Crippen MR) is 143 cm³/mol. The second-order valence-electron chi connectivity index (χ2n) is 8.48. The number of hydrogen-bond acceptors (Lipinski definition) is 5. The molecule has 0 bridgehead atoms. The van der Waals surface area contributed by atoms with Crippen molar-refractivity contribution in [3.05, 3.63) is 99.7 Å². The summed E-state index contributed by atoms with van der Waals surface area (Å²) in [4.78, 5) is 36.3. The van der Waals surface area contributed by atoms with Crippen LogP contribution in [-0.4, -0.2) is 33.6 Å². The maximum absolute atomic E-state index is 12.6. The molecular formula is C27H26N4O4S. The summed E-state index contributed by atoms with van der Waals surface area (Å²) in [5.74, 6) is -0.0890. The van der Waals surface area contributed by atoms with Gasteiger partial charge in [-0.1, -0.05) is 24.3 Å². The number of carbonyl (C=O) groups excluding carboxylic acids is 2. The first-order valence-corrected chi connectivity index (χ1v) is 12.4. The number of rotatable bonds is 9. The van der Waals surface area contributed by atoms with Crippen molar-refractivity contribution in [2.24, 2.45) is 0 Å². The molecule has 0 unspecified atom stereocenters. The molecule has 3 aromatic carbocycles. The summed E-state index contributed by atoms with van der Waals surface area (Å²) in [5.41, 5.74) is 4.31. The summed E-state index contributed by atoms with van der Waals surface area (Å²) in [6.07, 6.45) is 2.00. The zero-order valence-corrected chi connectivity index (χ0v) is 20.8. The molecule has 1 aromatic heterocycles. The summed E-state index contributed by atoms with van der Waals surface area (Å²) in [5, 5.41) is 17.7. The monoisotopic (exact) mass is 502 g/mol. The van der Waals surface area contributed by atoms with Gasteiger partial charge in [0.15, 0.2) is 0 Å². The molecular weight excluding hydrogens is 476 g/mol. The van der Waals surface area contributed by atoms with E-state index in [0.717, 1.165) is 32.6 Å². The number of aromatic nitrogens is 1. The Bertz CT molecular complexity index is 1410. The third kappa shape index (κ3) is 6.11. The Kier molecular flexibility index (Phi) is 7.70. The molecule has 0 aliphatic rings. The van der Waals surface area contributed by atoms with Gasteiger partial charge in [-0.15, -0.1) is 11.8 Å². The van der Waals surface area contributed by atoms with Crippen LogP contribution < -0.4 is 10.6 Å². The Labute approximate surface area is 212 Å². The summed E-state index contributed by atoms with van der Waals surface area (Å²) in [7, 11) is 0. The molecule has 36 heavy (non-hydrogen) atoms. The number of anilines is 1. The van der Waals surface area contributed by atoms with E-state index in [2.05, 4.69) is 21.3 Å². The van der Waals surface area contributed by atoms with Crippen molar-refractivity contribution < 1.29 is 14.5 Å². The zero-order chi connectivity index (χ0) is 25.7. The summed E-state index contributed by atoms with van der Waals surface area (Å²) >= 11 is 1.47. The summed E-state index contributed by atoms with van der Waals surface area (Å²) in [6.45, 7) is 4.92. The van der Waals surface area contributed by atoms with Crippen molar-refractivity contribution in [1.29, 1.82) is 0 Å².